The highest BCUT2D eigenvalue weighted by Gasteiger charge is 2.15. The lowest BCUT2D eigenvalue weighted by atomic mass is 10.0. The van der Waals surface area contributed by atoms with Crippen LogP contribution in [0.1, 0.15) is 11.3 Å². The summed E-state index contributed by atoms with van der Waals surface area (Å²) in [4.78, 5) is 0. The van der Waals surface area contributed by atoms with Gasteiger partial charge in [0.1, 0.15) is 17.1 Å². The predicted molar refractivity (Wildman–Crippen MR) is 111 cm³/mol. The van der Waals surface area contributed by atoms with Gasteiger partial charge in [0.15, 0.2) is 0 Å². The second kappa shape index (κ2) is 7.38. The number of fused-ring (bicyclic) bond motifs is 1. The number of hydrogen-bond acceptors (Lipinski definition) is 4. The summed E-state index contributed by atoms with van der Waals surface area (Å²) in [6.45, 7) is 1.99. The van der Waals surface area contributed by atoms with E-state index in [4.69, 9.17) is 9.15 Å². The molecule has 0 unspecified atom stereocenters. The molecule has 1 aromatic heterocycles. The van der Waals surface area contributed by atoms with Crippen LogP contribution < -0.4 is 10.2 Å². The van der Waals surface area contributed by atoms with Gasteiger partial charge in [0.05, 0.1) is 19.0 Å². The number of hydrazone groups is 1. The van der Waals surface area contributed by atoms with Crippen molar-refractivity contribution in [3.63, 3.8) is 0 Å². The first-order valence-electron chi connectivity index (χ1n) is 8.77. The molecule has 4 rings (SSSR count). The van der Waals surface area contributed by atoms with E-state index in [-0.39, 0.29) is 0 Å². The van der Waals surface area contributed by atoms with E-state index in [1.807, 2.05) is 67.6 Å². The number of para-hydroxylation sites is 1. The monoisotopic (exact) mass is 356 g/mol. The summed E-state index contributed by atoms with van der Waals surface area (Å²) in [7, 11) is 1.66. The lowest BCUT2D eigenvalue weighted by molar-refractivity contribution is 0.414. The van der Waals surface area contributed by atoms with Gasteiger partial charge in [-0.3, -0.25) is 5.43 Å². The quantitative estimate of drug-likeness (QED) is 0.360. The molecule has 4 nitrogen and oxygen atoms in total. The Morgan fingerprint density at radius 1 is 0.963 bits per heavy atom. The molecular formula is C23H20N2O2. The van der Waals surface area contributed by atoms with E-state index in [9.17, 15) is 0 Å². The summed E-state index contributed by atoms with van der Waals surface area (Å²) >= 11 is 0. The minimum Gasteiger partial charge on any atom is -0.496 e. The van der Waals surface area contributed by atoms with Crippen LogP contribution in [0.15, 0.2) is 82.3 Å². The van der Waals surface area contributed by atoms with Crippen molar-refractivity contribution in [2.75, 3.05) is 12.5 Å². The zero-order valence-electron chi connectivity index (χ0n) is 15.3. The number of benzene rings is 3. The predicted octanol–water partition coefficient (Wildman–Crippen LogP) is 5.86. The second-order valence-corrected chi connectivity index (χ2v) is 6.23. The number of methoxy groups -OCH3 is 1. The first-order valence-corrected chi connectivity index (χ1v) is 8.77. The highest BCUT2D eigenvalue weighted by molar-refractivity contribution is 6.00. The molecule has 0 saturated carbocycles. The van der Waals surface area contributed by atoms with Gasteiger partial charge < -0.3 is 9.15 Å². The third-order valence-corrected chi connectivity index (χ3v) is 4.45. The van der Waals surface area contributed by atoms with E-state index in [0.717, 1.165) is 44.9 Å². The van der Waals surface area contributed by atoms with Crippen LogP contribution in [0.4, 0.5) is 5.69 Å². The van der Waals surface area contributed by atoms with Gasteiger partial charge in [-0.05, 0) is 36.8 Å². The fourth-order valence-electron chi connectivity index (χ4n) is 3.19. The molecule has 0 radical (unpaired) electrons. The Kier molecular flexibility index (Phi) is 4.62. The van der Waals surface area contributed by atoms with E-state index in [2.05, 4.69) is 22.7 Å². The third-order valence-electron chi connectivity index (χ3n) is 4.45. The maximum Gasteiger partial charge on any atom is 0.135 e. The van der Waals surface area contributed by atoms with Gasteiger partial charge in [0.25, 0.3) is 0 Å². The molecule has 4 aromatic rings. The number of furan rings is 1. The number of hydrogen-bond donors (Lipinski definition) is 1. The van der Waals surface area contributed by atoms with E-state index in [1.54, 1.807) is 13.3 Å². The molecular weight excluding hydrogens is 336 g/mol. The van der Waals surface area contributed by atoms with Crippen molar-refractivity contribution in [3.05, 3.63) is 84.1 Å². The molecule has 134 valence electrons. The number of anilines is 1. The summed E-state index contributed by atoms with van der Waals surface area (Å²) in [6.07, 6.45) is 1.74. The van der Waals surface area contributed by atoms with E-state index < -0.39 is 0 Å². The zero-order chi connectivity index (χ0) is 18.6. The van der Waals surface area contributed by atoms with Crippen molar-refractivity contribution in [1.29, 1.82) is 0 Å². The Balaban J connectivity index is 1.73. The SMILES string of the molecule is COc1cc2c(-c3ccccc3)c(C)oc2cc1C=NNc1ccccc1. The van der Waals surface area contributed by atoms with Crippen molar-refractivity contribution < 1.29 is 9.15 Å². The number of nitrogens with one attached hydrogen (secondary N) is 1. The number of rotatable bonds is 5. The molecule has 0 amide bonds. The first-order chi connectivity index (χ1) is 13.3. The first kappa shape index (κ1) is 16.9. The van der Waals surface area contributed by atoms with Crippen LogP contribution in [0, 0.1) is 6.92 Å². The van der Waals surface area contributed by atoms with Crippen molar-refractivity contribution in [3.8, 4) is 16.9 Å². The highest BCUT2D eigenvalue weighted by atomic mass is 16.5. The van der Waals surface area contributed by atoms with Gasteiger partial charge in [-0.15, -0.1) is 0 Å². The van der Waals surface area contributed by atoms with Gasteiger partial charge >= 0.3 is 0 Å². The Bertz CT molecular complexity index is 1080. The van der Waals surface area contributed by atoms with Crippen molar-refractivity contribution in [2.45, 2.75) is 6.92 Å². The summed E-state index contributed by atoms with van der Waals surface area (Å²) in [5, 5.41) is 5.35. The van der Waals surface area contributed by atoms with Gasteiger partial charge in [-0.25, -0.2) is 0 Å². The smallest absolute Gasteiger partial charge is 0.135 e. The maximum atomic E-state index is 6.02. The molecule has 4 heteroatoms. The van der Waals surface area contributed by atoms with Crippen LogP contribution in [0.3, 0.4) is 0 Å². The van der Waals surface area contributed by atoms with Crippen molar-refractivity contribution >= 4 is 22.9 Å². The normalized spacial score (nSPS) is 11.2. The van der Waals surface area contributed by atoms with E-state index >= 15 is 0 Å². The number of ether oxygens (including phenoxy) is 1. The summed E-state index contributed by atoms with van der Waals surface area (Å²) in [6, 6.07) is 24.0. The van der Waals surface area contributed by atoms with Gasteiger partial charge in [-0.2, -0.15) is 5.10 Å². The molecule has 1 heterocycles. The number of aryl methyl sites for hydroxylation is 1. The highest BCUT2D eigenvalue weighted by Crippen LogP contribution is 2.37. The molecule has 3 aromatic carbocycles. The molecule has 0 bridgehead atoms. The lowest BCUT2D eigenvalue weighted by Crippen LogP contribution is -1.94. The maximum absolute atomic E-state index is 6.02. The van der Waals surface area contributed by atoms with Crippen LogP contribution in [0.5, 0.6) is 5.75 Å². The molecule has 0 fully saturated rings. The average Bonchev–Trinajstić information content (AvgIpc) is 3.03. The van der Waals surface area contributed by atoms with Gasteiger partial charge in [0.2, 0.25) is 0 Å². The Morgan fingerprint density at radius 2 is 1.67 bits per heavy atom. The standard InChI is InChI=1S/C23H20N2O2/c1-16-23(17-9-5-3-6-10-17)20-14-21(26-2)18(13-22(20)27-16)15-24-25-19-11-7-4-8-12-19/h3-15,25H,1-2H3. The molecule has 0 atom stereocenters. The van der Waals surface area contributed by atoms with Crippen molar-refractivity contribution in [1.82, 2.24) is 0 Å². The Labute approximate surface area is 158 Å². The van der Waals surface area contributed by atoms with Crippen LogP contribution in [-0.2, 0) is 0 Å². The topological polar surface area (TPSA) is 46.8 Å². The summed E-state index contributed by atoms with van der Waals surface area (Å²) < 4.78 is 11.6. The minimum atomic E-state index is 0.749. The largest absolute Gasteiger partial charge is 0.496 e. The molecule has 0 saturated heterocycles. The second-order valence-electron chi connectivity index (χ2n) is 6.23. The Morgan fingerprint density at radius 3 is 2.37 bits per heavy atom. The van der Waals surface area contributed by atoms with Gasteiger partial charge in [0, 0.05) is 16.5 Å². The Hall–Kier alpha value is -3.53. The lowest BCUT2D eigenvalue weighted by Gasteiger charge is -2.06. The van der Waals surface area contributed by atoms with Crippen LogP contribution in [0.25, 0.3) is 22.1 Å². The van der Waals surface area contributed by atoms with Crippen LogP contribution in [0.2, 0.25) is 0 Å². The van der Waals surface area contributed by atoms with Crippen LogP contribution in [-0.4, -0.2) is 13.3 Å². The minimum absolute atomic E-state index is 0.749. The molecule has 0 spiro atoms. The molecule has 0 aliphatic rings. The zero-order valence-corrected chi connectivity index (χ0v) is 15.3. The third kappa shape index (κ3) is 3.42. The van der Waals surface area contributed by atoms with Crippen molar-refractivity contribution in [2.24, 2.45) is 5.10 Å². The fourth-order valence-corrected chi connectivity index (χ4v) is 3.19. The molecule has 27 heavy (non-hydrogen) atoms. The average molecular weight is 356 g/mol. The molecule has 0 aliphatic heterocycles. The van der Waals surface area contributed by atoms with Crippen LogP contribution >= 0.6 is 0 Å². The fraction of sp³-hybridized carbons (Fsp3) is 0.0870. The van der Waals surface area contributed by atoms with Gasteiger partial charge in [-0.1, -0.05) is 48.5 Å². The number of nitrogens with zero attached hydrogens (tertiary/aromatic N) is 1. The van der Waals surface area contributed by atoms with E-state index in [1.165, 1.54) is 0 Å². The van der Waals surface area contributed by atoms with E-state index in [0.29, 0.717) is 0 Å². The summed E-state index contributed by atoms with van der Waals surface area (Å²) in [5.41, 5.74) is 7.83. The molecule has 1 N–H and O–H groups in total. The molecule has 0 aliphatic carbocycles. The summed E-state index contributed by atoms with van der Waals surface area (Å²) in [5.74, 6) is 1.63.